The molecule has 0 aliphatic rings. The third kappa shape index (κ3) is 2.91. The molecule has 0 spiro atoms. The molecule has 5 rings (SSSR count). The van der Waals surface area contributed by atoms with Crippen LogP contribution in [0.5, 0.6) is 0 Å². The van der Waals surface area contributed by atoms with Crippen LogP contribution in [0.25, 0.3) is 32.8 Å². The second-order valence-corrected chi connectivity index (χ2v) is 6.34. The zero-order valence-corrected chi connectivity index (χ0v) is 14.2. The third-order valence-corrected chi connectivity index (χ3v) is 4.51. The molecule has 0 radical (unpaired) electrons. The summed E-state index contributed by atoms with van der Waals surface area (Å²) in [6.45, 7) is 0.158. The number of benzene rings is 3. The van der Waals surface area contributed by atoms with E-state index in [0.717, 1.165) is 27.3 Å². The Kier molecular flexibility index (Phi) is 3.60. The van der Waals surface area contributed by atoms with E-state index in [1.807, 2.05) is 42.5 Å². The van der Waals surface area contributed by atoms with Gasteiger partial charge in [-0.15, -0.1) is 0 Å². The highest BCUT2D eigenvalue weighted by molar-refractivity contribution is 6.06. The number of carbonyl (C=O) groups excluding carboxylic acids is 1. The van der Waals surface area contributed by atoms with E-state index in [2.05, 4.69) is 21.0 Å². The minimum absolute atomic E-state index is 0.0801. The van der Waals surface area contributed by atoms with Crippen molar-refractivity contribution in [3.63, 3.8) is 0 Å². The van der Waals surface area contributed by atoms with E-state index in [1.54, 1.807) is 12.1 Å². The molecule has 2 aromatic heterocycles. The lowest BCUT2D eigenvalue weighted by atomic mass is 10.1. The minimum atomic E-state index is -0.350. The summed E-state index contributed by atoms with van der Waals surface area (Å²) >= 11 is 0. The lowest BCUT2D eigenvalue weighted by Gasteiger charge is -2.03. The maximum atomic E-state index is 12.2. The van der Waals surface area contributed by atoms with Gasteiger partial charge in [0.2, 0.25) is 0 Å². The van der Waals surface area contributed by atoms with Crippen LogP contribution in [-0.4, -0.2) is 16.3 Å². The number of esters is 1. The summed E-state index contributed by atoms with van der Waals surface area (Å²) in [6.07, 6.45) is 0.0801. The average molecular weight is 358 g/mol. The van der Waals surface area contributed by atoms with Crippen molar-refractivity contribution in [3.05, 3.63) is 72.0 Å². The normalized spacial score (nSPS) is 11.4. The summed E-state index contributed by atoms with van der Waals surface area (Å²) in [5.41, 5.74) is 2.88. The van der Waals surface area contributed by atoms with Crippen LogP contribution >= 0.6 is 0 Å². The highest BCUT2D eigenvalue weighted by Crippen LogP contribution is 2.28. The van der Waals surface area contributed by atoms with Crippen molar-refractivity contribution in [2.24, 2.45) is 0 Å². The van der Waals surface area contributed by atoms with Crippen LogP contribution in [0, 0.1) is 0 Å². The molecule has 3 aromatic carbocycles. The first kappa shape index (κ1) is 15.6. The van der Waals surface area contributed by atoms with Gasteiger partial charge in [0.25, 0.3) is 0 Å². The van der Waals surface area contributed by atoms with Gasteiger partial charge in [-0.25, -0.2) is 4.63 Å². The van der Waals surface area contributed by atoms with Crippen LogP contribution < -0.4 is 0 Å². The molecule has 6 heteroatoms. The molecule has 0 atom stereocenters. The van der Waals surface area contributed by atoms with Crippen LogP contribution in [0.1, 0.15) is 11.3 Å². The Hall–Kier alpha value is -3.67. The predicted molar refractivity (Wildman–Crippen MR) is 99.0 cm³/mol. The Morgan fingerprint density at radius 3 is 2.78 bits per heavy atom. The highest BCUT2D eigenvalue weighted by Gasteiger charge is 2.12. The summed E-state index contributed by atoms with van der Waals surface area (Å²) in [4.78, 5) is 12.2. The largest absolute Gasteiger partial charge is 0.460 e. The van der Waals surface area contributed by atoms with Crippen molar-refractivity contribution in [3.8, 4) is 0 Å². The van der Waals surface area contributed by atoms with Gasteiger partial charge in [0.05, 0.1) is 0 Å². The summed E-state index contributed by atoms with van der Waals surface area (Å²) in [6, 6.07) is 19.3. The number of nitrogens with zero attached hydrogens (tertiary/aromatic N) is 2. The molecular formula is C21H14N2O4. The summed E-state index contributed by atoms with van der Waals surface area (Å²) in [5.74, 6) is 0.235. The van der Waals surface area contributed by atoms with Gasteiger partial charge in [0.15, 0.2) is 0 Å². The van der Waals surface area contributed by atoms with Gasteiger partial charge in [-0.05, 0) is 50.9 Å². The van der Waals surface area contributed by atoms with E-state index in [1.165, 1.54) is 0 Å². The fraction of sp³-hybridized carbons (Fsp3) is 0.0952. The number of fused-ring (bicyclic) bond motifs is 4. The fourth-order valence-corrected chi connectivity index (χ4v) is 3.21. The lowest BCUT2D eigenvalue weighted by Crippen LogP contribution is -2.07. The maximum absolute atomic E-state index is 12.2. The van der Waals surface area contributed by atoms with Crippen molar-refractivity contribution in [1.82, 2.24) is 10.3 Å². The number of hydrogen-bond donors (Lipinski definition) is 0. The third-order valence-electron chi connectivity index (χ3n) is 4.51. The van der Waals surface area contributed by atoms with Crippen molar-refractivity contribution in [1.29, 1.82) is 0 Å². The van der Waals surface area contributed by atoms with Gasteiger partial charge in [0.1, 0.15) is 35.4 Å². The number of rotatable bonds is 4. The van der Waals surface area contributed by atoms with E-state index in [0.29, 0.717) is 16.8 Å². The average Bonchev–Trinajstić information content (AvgIpc) is 3.32. The van der Waals surface area contributed by atoms with Crippen LogP contribution in [0.2, 0.25) is 0 Å². The second-order valence-electron chi connectivity index (χ2n) is 6.34. The van der Waals surface area contributed by atoms with Crippen LogP contribution in [0.15, 0.2) is 69.7 Å². The molecule has 0 N–H and O–H groups in total. The molecule has 6 nitrogen and oxygen atoms in total. The molecule has 0 fully saturated rings. The maximum Gasteiger partial charge on any atom is 0.313 e. The van der Waals surface area contributed by atoms with E-state index >= 15 is 0 Å². The van der Waals surface area contributed by atoms with Gasteiger partial charge in [-0.2, -0.15) is 0 Å². The quantitative estimate of drug-likeness (QED) is 0.443. The van der Waals surface area contributed by atoms with Crippen LogP contribution in [0.4, 0.5) is 0 Å². The van der Waals surface area contributed by atoms with E-state index in [4.69, 9.17) is 9.15 Å². The van der Waals surface area contributed by atoms with E-state index in [-0.39, 0.29) is 19.0 Å². The monoisotopic (exact) mass is 358 g/mol. The molecule has 0 amide bonds. The molecule has 0 unspecified atom stereocenters. The number of hydrogen-bond acceptors (Lipinski definition) is 6. The number of carbonyl (C=O) groups is 1. The minimum Gasteiger partial charge on any atom is -0.460 e. The summed E-state index contributed by atoms with van der Waals surface area (Å²) in [7, 11) is 0. The molecule has 0 saturated heterocycles. The zero-order valence-electron chi connectivity index (χ0n) is 14.2. The smallest absolute Gasteiger partial charge is 0.313 e. The van der Waals surface area contributed by atoms with E-state index in [9.17, 15) is 4.79 Å². The van der Waals surface area contributed by atoms with Gasteiger partial charge < -0.3 is 9.15 Å². The Morgan fingerprint density at radius 2 is 1.81 bits per heavy atom. The molecule has 0 aliphatic carbocycles. The van der Waals surface area contributed by atoms with Gasteiger partial charge in [-0.1, -0.05) is 36.4 Å². The fourth-order valence-electron chi connectivity index (χ4n) is 3.21. The highest BCUT2D eigenvalue weighted by atomic mass is 16.6. The molecule has 132 valence electrons. The topological polar surface area (TPSA) is 78.4 Å². The first-order valence-corrected chi connectivity index (χ1v) is 8.53. The number of furan rings is 1. The predicted octanol–water partition coefficient (Wildman–Crippen LogP) is 4.41. The molecular weight excluding hydrogens is 344 g/mol. The molecule has 0 saturated carbocycles. The van der Waals surface area contributed by atoms with Crippen molar-refractivity contribution in [2.45, 2.75) is 13.0 Å². The van der Waals surface area contributed by atoms with Gasteiger partial charge in [-0.3, -0.25) is 4.79 Å². The SMILES string of the molecule is O=C(Cc1cc2c(ccc3ccccc32)o1)OCc1ccc2nonc2c1. The van der Waals surface area contributed by atoms with Crippen LogP contribution in [0.3, 0.4) is 0 Å². The first-order valence-electron chi connectivity index (χ1n) is 8.53. The van der Waals surface area contributed by atoms with Gasteiger partial charge in [0, 0.05) is 5.39 Å². The molecule has 2 heterocycles. The number of ether oxygens (including phenoxy) is 1. The molecule has 0 bridgehead atoms. The van der Waals surface area contributed by atoms with Crippen molar-refractivity contribution >= 4 is 38.7 Å². The molecule has 27 heavy (non-hydrogen) atoms. The Morgan fingerprint density at radius 1 is 0.926 bits per heavy atom. The van der Waals surface area contributed by atoms with Crippen molar-refractivity contribution in [2.75, 3.05) is 0 Å². The number of aromatic nitrogens is 2. The van der Waals surface area contributed by atoms with E-state index < -0.39 is 0 Å². The second kappa shape index (κ2) is 6.25. The summed E-state index contributed by atoms with van der Waals surface area (Å²) < 4.78 is 15.8. The Labute approximate surface area is 153 Å². The Bertz CT molecular complexity index is 1290. The summed E-state index contributed by atoms with van der Waals surface area (Å²) in [5, 5.41) is 10.8. The van der Waals surface area contributed by atoms with Gasteiger partial charge >= 0.3 is 5.97 Å². The van der Waals surface area contributed by atoms with Crippen molar-refractivity contribution < 1.29 is 18.6 Å². The van der Waals surface area contributed by atoms with Crippen LogP contribution in [-0.2, 0) is 22.6 Å². The lowest BCUT2D eigenvalue weighted by molar-refractivity contribution is -0.144. The Balaban J connectivity index is 1.32. The molecule has 0 aliphatic heterocycles. The standard InChI is InChI=1S/C21H14N2O4/c24-21(25-12-13-5-7-18-19(9-13)23-27-22-18)11-15-10-17-16-4-2-1-3-14(16)6-8-20(17)26-15/h1-10H,11-12H2. The zero-order chi connectivity index (χ0) is 18.2. The molecule has 5 aromatic rings. The first-order chi connectivity index (χ1) is 13.3.